The predicted molar refractivity (Wildman–Crippen MR) is 173 cm³/mol. The van der Waals surface area contributed by atoms with Crippen molar-refractivity contribution in [2.24, 2.45) is 0 Å². The third-order valence-electron chi connectivity index (χ3n) is 7.45. The van der Waals surface area contributed by atoms with Crippen molar-refractivity contribution >= 4 is 24.0 Å². The molecular weight excluding hydrogens is 608 g/mol. The Hall–Kier alpha value is -5.39. The molecule has 12 heteroatoms. The van der Waals surface area contributed by atoms with E-state index in [0.29, 0.717) is 45.6 Å². The van der Waals surface area contributed by atoms with Gasteiger partial charge in [-0.25, -0.2) is 9.69 Å². The van der Waals surface area contributed by atoms with Gasteiger partial charge in [0.15, 0.2) is 23.0 Å². The van der Waals surface area contributed by atoms with Crippen LogP contribution in [0.15, 0.2) is 60.3 Å². The van der Waals surface area contributed by atoms with Crippen LogP contribution < -0.4 is 28.4 Å². The third kappa shape index (κ3) is 7.37. The lowest BCUT2D eigenvalue weighted by Gasteiger charge is -2.40. The average molecular weight is 649 g/mol. The van der Waals surface area contributed by atoms with E-state index >= 15 is 0 Å². The number of hydrogen-bond acceptors (Lipinski definition) is 10. The summed E-state index contributed by atoms with van der Waals surface area (Å²) in [5.41, 5.74) is 1.75. The second-order valence-electron chi connectivity index (χ2n) is 10.8. The number of benzene rings is 3. The third-order valence-corrected chi connectivity index (χ3v) is 7.45. The highest BCUT2D eigenvalue weighted by Crippen LogP contribution is 2.41. The highest BCUT2D eigenvalue weighted by atomic mass is 16.6. The molecule has 1 unspecified atom stereocenters. The van der Waals surface area contributed by atoms with E-state index in [0.717, 1.165) is 10.5 Å². The Kier molecular flexibility index (Phi) is 11.2. The molecule has 1 aliphatic heterocycles. The zero-order valence-corrected chi connectivity index (χ0v) is 27.8. The maximum Gasteiger partial charge on any atom is 0.417 e. The molecule has 1 aliphatic rings. The summed E-state index contributed by atoms with van der Waals surface area (Å²) in [5, 5.41) is 0. The van der Waals surface area contributed by atoms with Crippen LogP contribution in [-0.4, -0.2) is 82.5 Å². The molecule has 0 N–H and O–H groups in total. The minimum Gasteiger partial charge on any atom is -0.493 e. The van der Waals surface area contributed by atoms with E-state index in [4.69, 9.17) is 33.2 Å². The van der Waals surface area contributed by atoms with E-state index in [1.165, 1.54) is 53.6 Å². The lowest BCUT2D eigenvalue weighted by molar-refractivity contribution is -0.149. The number of hydrogen-bond donors (Lipinski definition) is 0. The van der Waals surface area contributed by atoms with E-state index < -0.39 is 30.1 Å². The summed E-state index contributed by atoms with van der Waals surface area (Å²) in [5.74, 6) is 0.908. The molecule has 1 heterocycles. The van der Waals surface area contributed by atoms with Gasteiger partial charge in [-0.1, -0.05) is 30.3 Å². The van der Waals surface area contributed by atoms with Crippen LogP contribution in [0.4, 0.5) is 4.79 Å². The van der Waals surface area contributed by atoms with Gasteiger partial charge in [-0.2, -0.15) is 0 Å². The van der Waals surface area contributed by atoms with Crippen molar-refractivity contribution in [1.82, 2.24) is 9.80 Å². The SMILES string of the molecule is COc1cc(/C=C2/C(=O)N(C(=O)OC(C)C)C(Cc3cc(OC)c(OC)c(OC)c3)C(=O)N2Cc2ccccc2)cc(OC)c1OC. The monoisotopic (exact) mass is 648 g/mol. The Balaban J connectivity index is 1.91. The first-order chi connectivity index (χ1) is 22.6. The number of piperazine rings is 1. The van der Waals surface area contributed by atoms with Crippen LogP contribution in [0, 0.1) is 0 Å². The van der Waals surface area contributed by atoms with Gasteiger partial charge < -0.3 is 38.1 Å². The molecule has 3 aromatic carbocycles. The highest BCUT2D eigenvalue weighted by molar-refractivity contribution is 6.13. The second-order valence-corrected chi connectivity index (χ2v) is 10.8. The molecule has 0 bridgehead atoms. The quantitative estimate of drug-likeness (QED) is 0.245. The highest BCUT2D eigenvalue weighted by Gasteiger charge is 2.47. The lowest BCUT2D eigenvalue weighted by atomic mass is 9.98. The zero-order valence-electron chi connectivity index (χ0n) is 27.8. The molecule has 0 saturated carbocycles. The first-order valence-electron chi connectivity index (χ1n) is 14.8. The number of methoxy groups -OCH3 is 6. The van der Waals surface area contributed by atoms with E-state index in [-0.39, 0.29) is 18.7 Å². The van der Waals surface area contributed by atoms with Crippen LogP contribution in [0.5, 0.6) is 34.5 Å². The van der Waals surface area contributed by atoms with Crippen LogP contribution >= 0.6 is 0 Å². The Morgan fingerprint density at radius 1 is 0.745 bits per heavy atom. The molecule has 1 atom stereocenters. The fraction of sp³-hybridized carbons (Fsp3) is 0.343. The van der Waals surface area contributed by atoms with Gasteiger partial charge in [-0.15, -0.1) is 0 Å². The van der Waals surface area contributed by atoms with Gasteiger partial charge in [0.2, 0.25) is 11.5 Å². The van der Waals surface area contributed by atoms with Crippen molar-refractivity contribution in [2.75, 3.05) is 42.7 Å². The van der Waals surface area contributed by atoms with Gasteiger partial charge in [0.1, 0.15) is 11.7 Å². The zero-order chi connectivity index (χ0) is 34.2. The molecule has 0 spiro atoms. The van der Waals surface area contributed by atoms with E-state index in [9.17, 15) is 14.4 Å². The number of carbonyl (C=O) groups excluding carboxylic acids is 3. The van der Waals surface area contributed by atoms with Gasteiger partial charge in [0.05, 0.1) is 55.3 Å². The summed E-state index contributed by atoms with van der Waals surface area (Å²) in [7, 11) is 8.87. The van der Waals surface area contributed by atoms with Crippen LogP contribution in [-0.2, 0) is 27.3 Å². The molecule has 1 saturated heterocycles. The first-order valence-corrected chi connectivity index (χ1v) is 14.8. The standard InChI is InChI=1S/C35H40N2O10/c1-21(2)47-35(40)37-26(15-24-18-29(43-5)32(46-8)30(19-24)44-6)33(38)36(20-22-12-10-9-11-13-22)25(34(37)39)14-23-16-27(41-3)31(45-7)28(17-23)42-4/h9-14,16-19,21,26H,15,20H2,1-8H3/b25-14-. The molecule has 1 fully saturated rings. The first kappa shape index (κ1) is 34.5. The largest absolute Gasteiger partial charge is 0.493 e. The van der Waals surface area contributed by atoms with Gasteiger partial charge >= 0.3 is 6.09 Å². The van der Waals surface area contributed by atoms with Crippen LogP contribution in [0.25, 0.3) is 6.08 Å². The topological polar surface area (TPSA) is 122 Å². The molecule has 0 radical (unpaired) electrons. The molecule has 0 aromatic heterocycles. The summed E-state index contributed by atoms with van der Waals surface area (Å²) in [4.78, 5) is 44.9. The number of amides is 3. The van der Waals surface area contributed by atoms with Crippen molar-refractivity contribution in [3.8, 4) is 34.5 Å². The molecule has 12 nitrogen and oxygen atoms in total. The van der Waals surface area contributed by atoms with Crippen LogP contribution in [0.1, 0.15) is 30.5 Å². The van der Waals surface area contributed by atoms with Crippen molar-refractivity contribution in [2.45, 2.75) is 39.0 Å². The summed E-state index contributed by atoms with van der Waals surface area (Å²) in [6, 6.07) is 14.6. The van der Waals surface area contributed by atoms with E-state index in [1.54, 1.807) is 38.1 Å². The smallest absolute Gasteiger partial charge is 0.417 e. The van der Waals surface area contributed by atoms with Crippen molar-refractivity contribution in [3.63, 3.8) is 0 Å². The van der Waals surface area contributed by atoms with Crippen molar-refractivity contribution in [3.05, 3.63) is 77.0 Å². The van der Waals surface area contributed by atoms with Gasteiger partial charge in [-0.05, 0) is 60.9 Å². The number of ether oxygens (including phenoxy) is 7. The van der Waals surface area contributed by atoms with Crippen LogP contribution in [0.3, 0.4) is 0 Å². The predicted octanol–water partition coefficient (Wildman–Crippen LogP) is 5.11. The Bertz CT molecular complexity index is 1590. The molecule has 3 amide bonds. The summed E-state index contributed by atoms with van der Waals surface area (Å²) in [6.45, 7) is 3.38. The summed E-state index contributed by atoms with van der Waals surface area (Å²) >= 11 is 0. The summed E-state index contributed by atoms with van der Waals surface area (Å²) < 4.78 is 38.4. The fourth-order valence-corrected chi connectivity index (χ4v) is 5.32. The maximum absolute atomic E-state index is 14.6. The summed E-state index contributed by atoms with van der Waals surface area (Å²) in [6.07, 6.45) is -0.0565. The molecular formula is C35H40N2O10. The van der Waals surface area contributed by atoms with Crippen molar-refractivity contribution < 1.29 is 47.5 Å². The fourth-order valence-electron chi connectivity index (χ4n) is 5.32. The van der Waals surface area contributed by atoms with Gasteiger partial charge in [0, 0.05) is 6.42 Å². The van der Waals surface area contributed by atoms with E-state index in [1.807, 2.05) is 30.3 Å². The maximum atomic E-state index is 14.6. The Labute approximate surface area is 274 Å². The molecule has 4 rings (SSSR count). The van der Waals surface area contributed by atoms with E-state index in [2.05, 4.69) is 0 Å². The molecule has 0 aliphatic carbocycles. The number of rotatable bonds is 12. The lowest BCUT2D eigenvalue weighted by Crippen LogP contribution is -2.61. The minimum absolute atomic E-state index is 0.0463. The Morgan fingerprint density at radius 2 is 1.26 bits per heavy atom. The normalized spacial score (nSPS) is 15.5. The van der Waals surface area contributed by atoms with Crippen molar-refractivity contribution in [1.29, 1.82) is 0 Å². The average Bonchev–Trinajstić information content (AvgIpc) is 3.07. The molecule has 250 valence electrons. The number of imide groups is 1. The second kappa shape index (κ2) is 15.3. The van der Waals surface area contributed by atoms with Gasteiger partial charge in [0.25, 0.3) is 11.8 Å². The Morgan fingerprint density at radius 3 is 1.72 bits per heavy atom. The number of nitrogens with zero attached hydrogens (tertiary/aromatic N) is 2. The minimum atomic E-state index is -1.27. The molecule has 3 aromatic rings. The number of carbonyl (C=O) groups is 3. The van der Waals surface area contributed by atoms with Crippen LogP contribution in [0.2, 0.25) is 0 Å². The van der Waals surface area contributed by atoms with Gasteiger partial charge in [-0.3, -0.25) is 9.59 Å². The molecule has 47 heavy (non-hydrogen) atoms.